The Kier molecular flexibility index (Phi) is 5.53. The third kappa shape index (κ3) is 4.95. The summed E-state index contributed by atoms with van der Waals surface area (Å²) in [4.78, 5) is 16.3. The van der Waals surface area contributed by atoms with Crippen molar-refractivity contribution in [3.8, 4) is 0 Å². The molecule has 1 amide bonds. The van der Waals surface area contributed by atoms with E-state index in [1.165, 1.54) is 0 Å². The van der Waals surface area contributed by atoms with E-state index in [1.807, 2.05) is 30.3 Å². The molecule has 0 spiro atoms. The van der Waals surface area contributed by atoms with Crippen LogP contribution in [0.4, 0.5) is 17.2 Å². The van der Waals surface area contributed by atoms with Gasteiger partial charge in [0.1, 0.15) is 5.82 Å². The van der Waals surface area contributed by atoms with Crippen molar-refractivity contribution < 1.29 is 4.79 Å². The minimum absolute atomic E-state index is 0.0885. The molecule has 0 aliphatic rings. The van der Waals surface area contributed by atoms with Gasteiger partial charge in [0.25, 0.3) is 0 Å². The highest BCUT2D eigenvalue weighted by Crippen LogP contribution is 2.27. The van der Waals surface area contributed by atoms with E-state index in [0.29, 0.717) is 33.7 Å². The monoisotopic (exact) mass is 371 g/mol. The first-order chi connectivity index (χ1) is 12.1. The zero-order valence-corrected chi connectivity index (χ0v) is 14.7. The summed E-state index contributed by atoms with van der Waals surface area (Å²) < 4.78 is 0. The largest absolute Gasteiger partial charge is 0.339 e. The molecule has 4 nitrogen and oxygen atoms in total. The van der Waals surface area contributed by atoms with Gasteiger partial charge in [-0.15, -0.1) is 0 Å². The minimum Gasteiger partial charge on any atom is -0.339 e. The van der Waals surface area contributed by atoms with Gasteiger partial charge in [0, 0.05) is 5.02 Å². The molecule has 1 aromatic heterocycles. The molecule has 2 aromatic carbocycles. The van der Waals surface area contributed by atoms with Crippen molar-refractivity contribution in [1.29, 1.82) is 0 Å². The van der Waals surface area contributed by atoms with E-state index in [0.717, 1.165) is 5.56 Å². The Morgan fingerprint density at radius 3 is 2.48 bits per heavy atom. The quantitative estimate of drug-likeness (QED) is 0.638. The van der Waals surface area contributed by atoms with Crippen molar-refractivity contribution >= 4 is 46.3 Å². The molecule has 1 heterocycles. The SMILES string of the molecule is O=C(Cc1ccccc1)Nc1ccc(Nc2ccc(Cl)cc2Cl)nc1. The van der Waals surface area contributed by atoms with E-state index in [-0.39, 0.29) is 5.91 Å². The highest BCUT2D eigenvalue weighted by Gasteiger charge is 2.06. The van der Waals surface area contributed by atoms with Crippen molar-refractivity contribution in [1.82, 2.24) is 4.98 Å². The van der Waals surface area contributed by atoms with Crippen LogP contribution in [-0.4, -0.2) is 10.9 Å². The molecule has 6 heteroatoms. The summed E-state index contributed by atoms with van der Waals surface area (Å²) >= 11 is 12.0. The predicted octanol–water partition coefficient (Wildman–Crippen LogP) is 5.31. The first-order valence-electron chi connectivity index (χ1n) is 7.62. The number of benzene rings is 2. The summed E-state index contributed by atoms with van der Waals surface area (Å²) in [5.74, 6) is 0.528. The smallest absolute Gasteiger partial charge is 0.228 e. The van der Waals surface area contributed by atoms with Gasteiger partial charge in [-0.1, -0.05) is 53.5 Å². The highest BCUT2D eigenvalue weighted by atomic mass is 35.5. The third-order valence-electron chi connectivity index (χ3n) is 3.45. The van der Waals surface area contributed by atoms with Gasteiger partial charge in [-0.25, -0.2) is 4.98 Å². The summed E-state index contributed by atoms with van der Waals surface area (Å²) in [7, 11) is 0. The Balaban J connectivity index is 1.61. The van der Waals surface area contributed by atoms with Crippen molar-refractivity contribution in [3.05, 3.63) is 82.5 Å². The minimum atomic E-state index is -0.0885. The summed E-state index contributed by atoms with van der Waals surface area (Å²) in [5.41, 5.74) is 2.30. The van der Waals surface area contributed by atoms with E-state index in [4.69, 9.17) is 23.2 Å². The molecular weight excluding hydrogens is 357 g/mol. The number of carbonyl (C=O) groups excluding carboxylic acids is 1. The number of hydrogen-bond donors (Lipinski definition) is 2. The number of halogens is 2. The lowest BCUT2D eigenvalue weighted by Crippen LogP contribution is -2.14. The lowest BCUT2D eigenvalue weighted by molar-refractivity contribution is -0.115. The van der Waals surface area contributed by atoms with E-state index < -0.39 is 0 Å². The average Bonchev–Trinajstić information content (AvgIpc) is 2.60. The van der Waals surface area contributed by atoms with Crippen LogP contribution in [0.3, 0.4) is 0 Å². The van der Waals surface area contributed by atoms with Gasteiger partial charge in [0.2, 0.25) is 5.91 Å². The molecule has 0 atom stereocenters. The Bertz CT molecular complexity index is 868. The molecule has 0 aliphatic heterocycles. The zero-order valence-electron chi connectivity index (χ0n) is 13.2. The number of anilines is 3. The van der Waals surface area contributed by atoms with Crippen molar-refractivity contribution in [2.45, 2.75) is 6.42 Å². The van der Waals surface area contributed by atoms with E-state index in [1.54, 1.807) is 36.5 Å². The number of amides is 1. The molecule has 0 fully saturated rings. The molecular formula is C19H15Cl2N3O. The topological polar surface area (TPSA) is 54.0 Å². The number of hydrogen-bond acceptors (Lipinski definition) is 3. The third-order valence-corrected chi connectivity index (χ3v) is 4.00. The van der Waals surface area contributed by atoms with Crippen molar-refractivity contribution in [2.24, 2.45) is 0 Å². The molecule has 126 valence electrons. The Morgan fingerprint density at radius 2 is 1.80 bits per heavy atom. The summed E-state index contributed by atoms with van der Waals surface area (Å²) in [6.07, 6.45) is 1.91. The summed E-state index contributed by atoms with van der Waals surface area (Å²) in [6, 6.07) is 18.3. The van der Waals surface area contributed by atoms with E-state index >= 15 is 0 Å². The number of nitrogens with one attached hydrogen (secondary N) is 2. The molecule has 0 saturated heterocycles. The van der Waals surface area contributed by atoms with Crippen molar-refractivity contribution in [3.63, 3.8) is 0 Å². The lowest BCUT2D eigenvalue weighted by atomic mass is 10.1. The van der Waals surface area contributed by atoms with Gasteiger partial charge in [0.05, 0.1) is 29.0 Å². The predicted molar refractivity (Wildman–Crippen MR) is 103 cm³/mol. The van der Waals surface area contributed by atoms with Crippen LogP contribution in [0, 0.1) is 0 Å². The van der Waals surface area contributed by atoms with Gasteiger partial charge in [0.15, 0.2) is 0 Å². The van der Waals surface area contributed by atoms with E-state index in [2.05, 4.69) is 15.6 Å². The number of nitrogens with zero attached hydrogens (tertiary/aromatic N) is 1. The van der Waals surface area contributed by atoms with Gasteiger partial charge in [-0.2, -0.15) is 0 Å². The van der Waals surface area contributed by atoms with Crippen LogP contribution in [0.15, 0.2) is 66.9 Å². The maximum Gasteiger partial charge on any atom is 0.228 e. The molecule has 0 unspecified atom stereocenters. The second kappa shape index (κ2) is 8.01. The Morgan fingerprint density at radius 1 is 1.00 bits per heavy atom. The molecule has 0 radical (unpaired) electrons. The number of carbonyl (C=O) groups is 1. The van der Waals surface area contributed by atoms with Crippen LogP contribution < -0.4 is 10.6 Å². The van der Waals surface area contributed by atoms with Crippen LogP contribution >= 0.6 is 23.2 Å². The fourth-order valence-electron chi connectivity index (χ4n) is 2.26. The second-order valence-corrected chi connectivity index (χ2v) is 6.24. The van der Waals surface area contributed by atoms with Gasteiger partial charge < -0.3 is 10.6 Å². The van der Waals surface area contributed by atoms with Crippen molar-refractivity contribution in [2.75, 3.05) is 10.6 Å². The van der Waals surface area contributed by atoms with E-state index in [9.17, 15) is 4.79 Å². The fraction of sp³-hybridized carbons (Fsp3) is 0.0526. The van der Waals surface area contributed by atoms with Crippen LogP contribution in [0.2, 0.25) is 10.0 Å². The molecule has 0 bridgehead atoms. The van der Waals surface area contributed by atoms with Gasteiger partial charge in [-0.05, 0) is 35.9 Å². The molecule has 0 aliphatic carbocycles. The average molecular weight is 372 g/mol. The molecule has 2 N–H and O–H groups in total. The highest BCUT2D eigenvalue weighted by molar-refractivity contribution is 6.36. The Labute approximate surface area is 155 Å². The van der Waals surface area contributed by atoms with Gasteiger partial charge >= 0.3 is 0 Å². The number of rotatable bonds is 5. The maximum atomic E-state index is 12.0. The zero-order chi connectivity index (χ0) is 17.6. The van der Waals surface area contributed by atoms with Crippen LogP contribution in [0.25, 0.3) is 0 Å². The number of aromatic nitrogens is 1. The molecule has 3 rings (SSSR count). The number of pyridine rings is 1. The fourth-order valence-corrected chi connectivity index (χ4v) is 2.71. The summed E-state index contributed by atoms with van der Waals surface area (Å²) in [5, 5.41) is 7.01. The summed E-state index contributed by atoms with van der Waals surface area (Å²) in [6.45, 7) is 0. The molecule has 25 heavy (non-hydrogen) atoms. The normalized spacial score (nSPS) is 10.3. The van der Waals surface area contributed by atoms with Crippen LogP contribution in [0.1, 0.15) is 5.56 Å². The van der Waals surface area contributed by atoms with Crippen LogP contribution in [0.5, 0.6) is 0 Å². The first-order valence-corrected chi connectivity index (χ1v) is 8.38. The maximum absolute atomic E-state index is 12.0. The second-order valence-electron chi connectivity index (χ2n) is 5.39. The molecule has 0 saturated carbocycles. The lowest BCUT2D eigenvalue weighted by Gasteiger charge is -2.09. The first kappa shape index (κ1) is 17.3. The standard InChI is InChI=1S/C19H15Cl2N3O/c20-14-6-8-17(16(21)11-14)24-18-9-7-15(12-22-18)23-19(25)10-13-4-2-1-3-5-13/h1-9,11-12H,10H2,(H,22,24)(H,23,25). The Hall–Kier alpha value is -2.56. The van der Waals surface area contributed by atoms with Gasteiger partial charge in [-0.3, -0.25) is 4.79 Å². The van der Waals surface area contributed by atoms with Crippen LogP contribution in [-0.2, 0) is 11.2 Å². The molecule has 3 aromatic rings.